The van der Waals surface area contributed by atoms with Crippen molar-refractivity contribution in [2.45, 2.75) is 24.2 Å². The zero-order valence-electron chi connectivity index (χ0n) is 11.7. The fourth-order valence-corrected chi connectivity index (χ4v) is 3.29. The molecule has 4 heteroatoms. The van der Waals surface area contributed by atoms with Crippen molar-refractivity contribution in [1.29, 1.82) is 0 Å². The van der Waals surface area contributed by atoms with Crippen molar-refractivity contribution in [1.82, 2.24) is 0 Å². The summed E-state index contributed by atoms with van der Waals surface area (Å²) in [7, 11) is -1.13. The van der Waals surface area contributed by atoms with E-state index in [1.165, 1.54) is 17.7 Å². The largest absolute Gasteiger partial charge is 0.478 e. The maximum atomic E-state index is 12.1. The van der Waals surface area contributed by atoms with E-state index in [0.717, 1.165) is 19.3 Å². The molecule has 1 N–H and O–H groups in total. The highest BCUT2D eigenvalue weighted by Crippen LogP contribution is 2.12. The molecule has 0 radical (unpaired) electrons. The van der Waals surface area contributed by atoms with Gasteiger partial charge in [-0.15, -0.1) is 0 Å². The molecule has 0 aliphatic rings. The van der Waals surface area contributed by atoms with Crippen molar-refractivity contribution >= 4 is 16.8 Å². The number of carboxylic acids is 1. The summed E-state index contributed by atoms with van der Waals surface area (Å²) in [5.41, 5.74) is 1.47. The van der Waals surface area contributed by atoms with E-state index < -0.39 is 16.8 Å². The van der Waals surface area contributed by atoms with Crippen LogP contribution in [-0.2, 0) is 17.2 Å². The second-order valence-corrected chi connectivity index (χ2v) is 6.40. The number of hydrogen-bond acceptors (Lipinski definition) is 2. The molecule has 0 amide bonds. The molecule has 1 atom stereocenters. The van der Waals surface area contributed by atoms with Gasteiger partial charge in [-0.2, -0.15) is 0 Å². The molecule has 1 unspecified atom stereocenters. The molecule has 0 aromatic heterocycles. The first-order valence-corrected chi connectivity index (χ1v) is 8.24. The molecule has 2 aromatic carbocycles. The van der Waals surface area contributed by atoms with Crippen LogP contribution in [0.1, 0.15) is 28.8 Å². The number of aryl methyl sites for hydroxylation is 1. The van der Waals surface area contributed by atoms with Crippen LogP contribution in [0.4, 0.5) is 0 Å². The van der Waals surface area contributed by atoms with Gasteiger partial charge in [0.1, 0.15) is 0 Å². The summed E-state index contributed by atoms with van der Waals surface area (Å²) in [6, 6.07) is 16.6. The first kappa shape index (κ1) is 15.4. The standard InChI is InChI=1S/C17H18O3S/c18-17(19)15-10-6-11-16(13-15)21(20)12-5-4-9-14-7-2-1-3-8-14/h1-3,6-8,10-11,13H,4-5,9,12H2,(H,18,19). The summed E-state index contributed by atoms with van der Waals surface area (Å²) < 4.78 is 12.1. The van der Waals surface area contributed by atoms with Gasteiger partial charge in [0.25, 0.3) is 0 Å². The Labute approximate surface area is 127 Å². The minimum atomic E-state index is -1.13. The molecule has 2 rings (SSSR count). The Bertz CT molecular complexity index is 623. The predicted molar refractivity (Wildman–Crippen MR) is 84.1 cm³/mol. The third-order valence-corrected chi connectivity index (χ3v) is 4.67. The van der Waals surface area contributed by atoms with Crippen molar-refractivity contribution in [3.63, 3.8) is 0 Å². The summed E-state index contributed by atoms with van der Waals surface area (Å²) in [5.74, 6) is -0.423. The highest BCUT2D eigenvalue weighted by atomic mass is 32.2. The Morgan fingerprint density at radius 1 is 1.00 bits per heavy atom. The van der Waals surface area contributed by atoms with Crippen LogP contribution < -0.4 is 0 Å². The lowest BCUT2D eigenvalue weighted by molar-refractivity contribution is 0.0696. The van der Waals surface area contributed by atoms with Crippen LogP contribution in [0.3, 0.4) is 0 Å². The van der Waals surface area contributed by atoms with Crippen molar-refractivity contribution in [2.24, 2.45) is 0 Å². The number of unbranched alkanes of at least 4 members (excludes halogenated alkanes) is 1. The van der Waals surface area contributed by atoms with Crippen LogP contribution >= 0.6 is 0 Å². The number of aromatic carboxylic acids is 1. The van der Waals surface area contributed by atoms with E-state index in [1.54, 1.807) is 12.1 Å². The van der Waals surface area contributed by atoms with E-state index in [9.17, 15) is 9.00 Å². The molecule has 0 bridgehead atoms. The molecule has 0 heterocycles. The van der Waals surface area contributed by atoms with Gasteiger partial charge in [0.2, 0.25) is 0 Å². The molecule has 0 fully saturated rings. The summed E-state index contributed by atoms with van der Waals surface area (Å²) in [6.45, 7) is 0. The Hall–Kier alpha value is -1.94. The zero-order valence-corrected chi connectivity index (χ0v) is 12.5. The van der Waals surface area contributed by atoms with Gasteiger partial charge in [-0.05, 0) is 43.0 Å². The molecule has 0 saturated carbocycles. The highest BCUT2D eigenvalue weighted by molar-refractivity contribution is 7.85. The van der Waals surface area contributed by atoms with Gasteiger partial charge in [0, 0.05) is 10.6 Å². The first-order chi connectivity index (χ1) is 10.2. The van der Waals surface area contributed by atoms with E-state index in [4.69, 9.17) is 5.11 Å². The summed E-state index contributed by atoms with van der Waals surface area (Å²) in [5, 5.41) is 8.93. The average Bonchev–Trinajstić information content (AvgIpc) is 2.52. The smallest absolute Gasteiger partial charge is 0.335 e. The van der Waals surface area contributed by atoms with Crippen LogP contribution in [0.15, 0.2) is 59.5 Å². The summed E-state index contributed by atoms with van der Waals surface area (Å²) >= 11 is 0. The molecule has 2 aromatic rings. The fraction of sp³-hybridized carbons (Fsp3) is 0.235. The lowest BCUT2D eigenvalue weighted by Crippen LogP contribution is -2.02. The molecule has 21 heavy (non-hydrogen) atoms. The second kappa shape index (κ2) is 7.74. The Morgan fingerprint density at radius 2 is 1.76 bits per heavy atom. The molecular formula is C17H18O3S. The minimum absolute atomic E-state index is 0.185. The maximum absolute atomic E-state index is 12.1. The van der Waals surface area contributed by atoms with Gasteiger partial charge in [-0.25, -0.2) is 4.79 Å². The lowest BCUT2D eigenvalue weighted by atomic mass is 10.1. The van der Waals surface area contributed by atoms with E-state index in [-0.39, 0.29) is 5.56 Å². The van der Waals surface area contributed by atoms with E-state index in [1.807, 2.05) is 18.2 Å². The van der Waals surface area contributed by atoms with Crippen molar-refractivity contribution in [3.05, 3.63) is 65.7 Å². The third kappa shape index (κ3) is 4.83. The van der Waals surface area contributed by atoms with Crippen molar-refractivity contribution in [3.8, 4) is 0 Å². The normalized spacial score (nSPS) is 12.0. The van der Waals surface area contributed by atoms with Crippen LogP contribution in [0, 0.1) is 0 Å². The molecule has 0 spiro atoms. The van der Waals surface area contributed by atoms with E-state index in [0.29, 0.717) is 10.6 Å². The average molecular weight is 302 g/mol. The molecule has 0 aliphatic heterocycles. The van der Waals surface area contributed by atoms with Crippen LogP contribution in [0.5, 0.6) is 0 Å². The Balaban J connectivity index is 1.82. The van der Waals surface area contributed by atoms with Crippen molar-refractivity contribution < 1.29 is 14.1 Å². The molecule has 0 saturated heterocycles. The SMILES string of the molecule is O=C(O)c1cccc(S(=O)CCCCc2ccccc2)c1. The van der Waals surface area contributed by atoms with Crippen LogP contribution in [-0.4, -0.2) is 21.0 Å². The summed E-state index contributed by atoms with van der Waals surface area (Å²) in [4.78, 5) is 11.5. The number of benzene rings is 2. The molecular weight excluding hydrogens is 284 g/mol. The number of carboxylic acid groups (broad SMARTS) is 1. The van der Waals surface area contributed by atoms with Gasteiger partial charge in [0.05, 0.1) is 16.4 Å². The highest BCUT2D eigenvalue weighted by Gasteiger charge is 2.08. The van der Waals surface area contributed by atoms with Crippen LogP contribution in [0.2, 0.25) is 0 Å². The molecule has 110 valence electrons. The Kier molecular flexibility index (Phi) is 5.69. The fourth-order valence-electron chi connectivity index (χ4n) is 2.10. The zero-order chi connectivity index (χ0) is 15.1. The first-order valence-electron chi connectivity index (χ1n) is 6.92. The van der Waals surface area contributed by atoms with Gasteiger partial charge in [-0.3, -0.25) is 4.21 Å². The van der Waals surface area contributed by atoms with Gasteiger partial charge >= 0.3 is 5.97 Å². The van der Waals surface area contributed by atoms with Gasteiger partial charge in [0.15, 0.2) is 0 Å². The number of carbonyl (C=O) groups is 1. The monoisotopic (exact) mass is 302 g/mol. The number of hydrogen-bond donors (Lipinski definition) is 1. The maximum Gasteiger partial charge on any atom is 0.335 e. The molecule has 3 nitrogen and oxygen atoms in total. The van der Waals surface area contributed by atoms with E-state index in [2.05, 4.69) is 12.1 Å². The topological polar surface area (TPSA) is 54.4 Å². The van der Waals surface area contributed by atoms with Crippen LogP contribution in [0.25, 0.3) is 0 Å². The lowest BCUT2D eigenvalue weighted by Gasteiger charge is -2.04. The third-order valence-electron chi connectivity index (χ3n) is 3.23. The predicted octanol–water partition coefficient (Wildman–Crippen LogP) is 3.52. The second-order valence-electron chi connectivity index (χ2n) is 4.83. The van der Waals surface area contributed by atoms with E-state index >= 15 is 0 Å². The Morgan fingerprint density at radius 3 is 2.48 bits per heavy atom. The van der Waals surface area contributed by atoms with Gasteiger partial charge < -0.3 is 5.11 Å². The minimum Gasteiger partial charge on any atom is -0.478 e. The quantitative estimate of drug-likeness (QED) is 0.796. The summed E-state index contributed by atoms with van der Waals surface area (Å²) in [6.07, 6.45) is 2.82. The number of rotatable bonds is 7. The van der Waals surface area contributed by atoms with Gasteiger partial charge in [-0.1, -0.05) is 36.4 Å². The molecule has 0 aliphatic carbocycles. The van der Waals surface area contributed by atoms with Crippen molar-refractivity contribution in [2.75, 3.05) is 5.75 Å².